The zero-order chi connectivity index (χ0) is 27.6. The van der Waals surface area contributed by atoms with Crippen LogP contribution in [0.25, 0.3) is 77.6 Å². The van der Waals surface area contributed by atoms with Crippen molar-refractivity contribution < 1.29 is 4.42 Å². The van der Waals surface area contributed by atoms with E-state index in [1.165, 1.54) is 21.7 Å². The number of aromatic nitrogens is 3. The molecule has 6 aromatic carbocycles. The molecule has 0 saturated carbocycles. The molecule has 0 aliphatic carbocycles. The molecule has 5 heteroatoms. The second kappa shape index (κ2) is 8.80. The van der Waals surface area contributed by atoms with E-state index in [-0.39, 0.29) is 0 Å². The Bertz CT molecular complexity index is 2450. The number of hydrogen-bond acceptors (Lipinski definition) is 4. The van der Waals surface area contributed by atoms with Crippen LogP contribution in [0.15, 0.2) is 120 Å². The summed E-state index contributed by atoms with van der Waals surface area (Å²) in [4.78, 5) is 15.0. The Labute approximate surface area is 240 Å². The van der Waals surface area contributed by atoms with Gasteiger partial charge in [-0.15, -0.1) is 0 Å². The van der Waals surface area contributed by atoms with E-state index in [0.29, 0.717) is 17.5 Å². The summed E-state index contributed by atoms with van der Waals surface area (Å²) in [6.45, 7) is 0. The molecule has 2 aromatic heterocycles. The molecule has 0 fully saturated rings. The molecule has 9 rings (SSSR count). The highest BCUT2D eigenvalue weighted by Crippen LogP contribution is 2.37. The van der Waals surface area contributed by atoms with Gasteiger partial charge < -0.3 is 4.42 Å². The van der Waals surface area contributed by atoms with Crippen molar-refractivity contribution in [3.63, 3.8) is 0 Å². The van der Waals surface area contributed by atoms with E-state index in [0.717, 1.165) is 49.6 Å². The van der Waals surface area contributed by atoms with Crippen molar-refractivity contribution in [2.45, 2.75) is 0 Å². The predicted molar refractivity (Wildman–Crippen MR) is 171 cm³/mol. The van der Waals surface area contributed by atoms with Crippen molar-refractivity contribution in [2.24, 2.45) is 0 Å². The molecule has 0 bridgehead atoms. The summed E-state index contributed by atoms with van der Waals surface area (Å²) in [6.07, 6.45) is 3.86. The molecule has 194 valence electrons. The van der Waals surface area contributed by atoms with Crippen LogP contribution in [0, 0.1) is 0 Å². The molecule has 8 aromatic rings. The molecule has 5 nitrogen and oxygen atoms in total. The summed E-state index contributed by atoms with van der Waals surface area (Å²) in [7, 11) is 0. The third kappa shape index (κ3) is 3.45. The normalized spacial score (nSPS) is 12.2. The van der Waals surface area contributed by atoms with Crippen LogP contribution >= 0.6 is 0 Å². The minimum Gasteiger partial charge on any atom is -0.456 e. The summed E-state index contributed by atoms with van der Waals surface area (Å²) in [5, 5.41) is 6.77. The van der Waals surface area contributed by atoms with Gasteiger partial charge in [0.2, 0.25) is 0 Å². The number of benzene rings is 6. The van der Waals surface area contributed by atoms with E-state index < -0.39 is 0 Å². The molecule has 3 heterocycles. The Morgan fingerprint density at radius 2 is 1.26 bits per heavy atom. The first-order chi connectivity index (χ1) is 20.8. The van der Waals surface area contributed by atoms with Gasteiger partial charge in [-0.2, -0.15) is 0 Å². The lowest BCUT2D eigenvalue weighted by molar-refractivity contribution is 0.669. The number of furan rings is 1. The van der Waals surface area contributed by atoms with Gasteiger partial charge >= 0.3 is 12.4 Å². The monoisotopic (exact) mass is 537 g/mol. The lowest BCUT2D eigenvalue weighted by Crippen LogP contribution is -2.00. The molecule has 0 amide bonds. The Kier molecular flexibility index (Phi) is 4.79. The fourth-order valence-corrected chi connectivity index (χ4v) is 6.08. The highest BCUT2D eigenvalue weighted by molar-refractivity contribution is 6.17. The first kappa shape index (κ1) is 22.9. The van der Waals surface area contributed by atoms with Crippen molar-refractivity contribution in [3.8, 4) is 34.2 Å². The Balaban J connectivity index is 1.27. The van der Waals surface area contributed by atoms with Crippen LogP contribution in [-0.2, 0) is 0 Å². The molecule has 0 N–H and O–H groups in total. The van der Waals surface area contributed by atoms with Crippen LogP contribution in [0.4, 0.5) is 0 Å². The second-order valence-corrected chi connectivity index (χ2v) is 10.5. The Morgan fingerprint density at radius 1 is 0.500 bits per heavy atom. The smallest absolute Gasteiger partial charge is 0.301 e. The lowest BCUT2D eigenvalue weighted by atomic mass is 9.95. The Morgan fingerprint density at radius 3 is 2.19 bits per heavy atom. The van der Waals surface area contributed by atoms with Gasteiger partial charge in [0.05, 0.1) is 11.1 Å². The molecule has 1 aliphatic heterocycles. The number of hydrogen-bond donors (Lipinski definition) is 0. The predicted octanol–water partition coefficient (Wildman–Crippen LogP) is 8.00. The third-order valence-electron chi connectivity index (χ3n) is 8.08. The molecular weight excluding hydrogens is 516 g/mol. The topological polar surface area (TPSA) is 65.9 Å². The summed E-state index contributed by atoms with van der Waals surface area (Å²) < 4.78 is 10.5. The van der Waals surface area contributed by atoms with E-state index >= 15 is 0 Å². The van der Waals surface area contributed by atoms with Crippen LogP contribution < -0.4 is 4.67 Å². The number of fused-ring (bicyclic) bond motifs is 8. The molecule has 0 unspecified atom stereocenters. The minimum atomic E-state index is 0.612. The zero-order valence-electron chi connectivity index (χ0n) is 22.3. The van der Waals surface area contributed by atoms with Crippen LogP contribution in [0.2, 0.25) is 0 Å². The maximum Gasteiger partial charge on any atom is 0.301 e. The van der Waals surface area contributed by atoms with Crippen LogP contribution in [-0.4, -0.2) is 27.4 Å². The summed E-state index contributed by atoms with van der Waals surface area (Å²) in [5.74, 6) is 1.87. The molecule has 42 heavy (non-hydrogen) atoms. The zero-order valence-corrected chi connectivity index (χ0v) is 22.3. The molecule has 0 saturated heterocycles. The highest BCUT2D eigenvalue weighted by atomic mass is 16.3. The average Bonchev–Trinajstić information content (AvgIpc) is 3.69. The SMILES string of the molecule is C1=[N+]=Cc2c1ccc1c2ccc2cc(-c3nc(-c4ccccc4)nc(-c4cccc5oc6ccccc6c45)n3)ccc21. The summed E-state index contributed by atoms with van der Waals surface area (Å²) >= 11 is 0. The quantitative estimate of drug-likeness (QED) is 0.169. The average molecular weight is 538 g/mol. The van der Waals surface area contributed by atoms with E-state index in [1.807, 2.05) is 73.1 Å². The molecule has 0 atom stereocenters. The van der Waals surface area contributed by atoms with E-state index in [1.54, 1.807) is 0 Å². The van der Waals surface area contributed by atoms with Crippen molar-refractivity contribution in [2.75, 3.05) is 0 Å². The summed E-state index contributed by atoms with van der Waals surface area (Å²) in [5.41, 5.74) is 6.77. The van der Waals surface area contributed by atoms with Gasteiger partial charge in [0.25, 0.3) is 0 Å². The van der Waals surface area contributed by atoms with Gasteiger partial charge in [0, 0.05) is 27.5 Å². The Hall–Kier alpha value is -5.90. The van der Waals surface area contributed by atoms with E-state index in [9.17, 15) is 0 Å². The molecular formula is C37H21N4O+. The van der Waals surface area contributed by atoms with Gasteiger partial charge in [0.15, 0.2) is 17.5 Å². The van der Waals surface area contributed by atoms with Crippen LogP contribution in [0.3, 0.4) is 0 Å². The van der Waals surface area contributed by atoms with Gasteiger partial charge in [-0.1, -0.05) is 95.7 Å². The standard InChI is InChI=1S/C37H21N4O/c1-2-7-22(8-3-1)35-39-36(41-37(40-35)30-10-6-12-33-34(30)29-9-4-5-11-32(29)42-33)24-14-16-26-23(19-24)13-17-28-27(26)18-15-25-20-38-21-31(25)28/h1-21H/q+1. The highest BCUT2D eigenvalue weighted by Gasteiger charge is 2.19. The van der Waals surface area contributed by atoms with Gasteiger partial charge in [-0.25, -0.2) is 15.0 Å². The maximum absolute atomic E-state index is 6.17. The van der Waals surface area contributed by atoms with Crippen molar-refractivity contribution in [1.29, 1.82) is 0 Å². The second-order valence-electron chi connectivity index (χ2n) is 10.5. The van der Waals surface area contributed by atoms with E-state index in [2.05, 4.69) is 59.3 Å². The summed E-state index contributed by atoms with van der Waals surface area (Å²) in [6, 6.07) is 39.3. The first-order valence-corrected chi connectivity index (χ1v) is 13.9. The van der Waals surface area contributed by atoms with Crippen molar-refractivity contribution >= 4 is 55.9 Å². The van der Waals surface area contributed by atoms with Crippen molar-refractivity contribution in [3.05, 3.63) is 126 Å². The fraction of sp³-hybridized carbons (Fsp3) is 0. The van der Waals surface area contributed by atoms with Crippen LogP contribution in [0.1, 0.15) is 11.1 Å². The largest absolute Gasteiger partial charge is 0.456 e. The van der Waals surface area contributed by atoms with Crippen molar-refractivity contribution in [1.82, 2.24) is 19.6 Å². The first-order valence-electron chi connectivity index (χ1n) is 13.9. The lowest BCUT2D eigenvalue weighted by Gasteiger charge is -2.11. The van der Waals surface area contributed by atoms with E-state index in [4.69, 9.17) is 19.4 Å². The van der Waals surface area contributed by atoms with Crippen LogP contribution in [0.5, 0.6) is 0 Å². The van der Waals surface area contributed by atoms with Gasteiger partial charge in [-0.05, 0) is 45.8 Å². The van der Waals surface area contributed by atoms with Gasteiger partial charge in [-0.3, -0.25) is 0 Å². The number of nitrogens with zero attached hydrogens (tertiary/aromatic N) is 4. The third-order valence-corrected chi connectivity index (χ3v) is 8.08. The number of para-hydroxylation sites is 1. The molecule has 0 spiro atoms. The fourth-order valence-electron chi connectivity index (χ4n) is 6.08. The maximum atomic E-state index is 6.17. The molecule has 0 radical (unpaired) electrons. The van der Waals surface area contributed by atoms with Gasteiger partial charge in [0.1, 0.15) is 11.2 Å². The number of rotatable bonds is 3. The molecule has 1 aliphatic rings. The minimum absolute atomic E-state index is 0.612.